The highest BCUT2D eigenvalue weighted by Crippen LogP contribution is 2.07. The van der Waals surface area contributed by atoms with Gasteiger partial charge in [-0.1, -0.05) is 27.7 Å². The normalized spacial score (nSPS) is 10.9. The Hall–Kier alpha value is -1.32. The van der Waals surface area contributed by atoms with Crippen LogP contribution >= 0.6 is 0 Å². The molecule has 0 saturated carbocycles. The zero-order valence-corrected chi connectivity index (χ0v) is 10.6. The molecule has 1 aromatic heterocycles. The Balaban J connectivity index is 2.41. The second-order valence-electron chi connectivity index (χ2n) is 4.85. The molecule has 0 radical (unpaired) electrons. The molecule has 0 spiro atoms. The number of hydrogen-bond donors (Lipinski definition) is 2. The monoisotopic (exact) mass is 222 g/mol. The lowest BCUT2D eigenvalue weighted by Crippen LogP contribution is -2.12. The topological polar surface area (TPSA) is 49.8 Å². The first-order chi connectivity index (χ1) is 7.58. The summed E-state index contributed by atoms with van der Waals surface area (Å²) in [5.74, 6) is 2.90. The Morgan fingerprint density at radius 2 is 1.25 bits per heavy atom. The molecule has 0 saturated heterocycles. The summed E-state index contributed by atoms with van der Waals surface area (Å²) < 4.78 is 0. The summed E-state index contributed by atoms with van der Waals surface area (Å²) in [6.45, 7) is 10.5. The predicted molar refractivity (Wildman–Crippen MR) is 68.7 cm³/mol. The van der Waals surface area contributed by atoms with Gasteiger partial charge in [-0.3, -0.25) is 0 Å². The van der Waals surface area contributed by atoms with Crippen LogP contribution in [0.3, 0.4) is 0 Å². The van der Waals surface area contributed by atoms with E-state index in [0.717, 1.165) is 24.7 Å². The van der Waals surface area contributed by atoms with Crippen molar-refractivity contribution in [1.29, 1.82) is 0 Å². The lowest BCUT2D eigenvalue weighted by molar-refractivity contribution is 0.682. The Kier molecular flexibility index (Phi) is 5.02. The predicted octanol–water partition coefficient (Wildman–Crippen LogP) is 2.61. The van der Waals surface area contributed by atoms with Crippen LogP contribution in [-0.4, -0.2) is 23.3 Å². The molecule has 1 heterocycles. The first-order valence-corrected chi connectivity index (χ1v) is 5.89. The van der Waals surface area contributed by atoms with Crippen LogP contribution in [-0.2, 0) is 0 Å². The van der Waals surface area contributed by atoms with E-state index < -0.39 is 0 Å². The lowest BCUT2D eigenvalue weighted by Gasteiger charge is -2.09. The summed E-state index contributed by atoms with van der Waals surface area (Å²) in [6.07, 6.45) is 0. The molecule has 16 heavy (non-hydrogen) atoms. The second-order valence-corrected chi connectivity index (χ2v) is 4.85. The van der Waals surface area contributed by atoms with Gasteiger partial charge in [-0.25, -0.2) is 0 Å². The van der Waals surface area contributed by atoms with Crippen LogP contribution < -0.4 is 10.6 Å². The van der Waals surface area contributed by atoms with E-state index in [1.165, 1.54) is 0 Å². The van der Waals surface area contributed by atoms with Gasteiger partial charge in [0, 0.05) is 13.1 Å². The summed E-state index contributed by atoms with van der Waals surface area (Å²) in [7, 11) is 0. The molecule has 0 aromatic carbocycles. The molecule has 0 aliphatic carbocycles. The van der Waals surface area contributed by atoms with E-state index in [2.05, 4.69) is 48.5 Å². The summed E-state index contributed by atoms with van der Waals surface area (Å²) in [5, 5.41) is 14.7. The van der Waals surface area contributed by atoms with Gasteiger partial charge in [-0.2, -0.15) is 0 Å². The molecule has 0 fully saturated rings. The Labute approximate surface area is 97.9 Å². The third kappa shape index (κ3) is 4.96. The van der Waals surface area contributed by atoms with Crippen LogP contribution in [0.15, 0.2) is 12.1 Å². The van der Waals surface area contributed by atoms with Crippen molar-refractivity contribution < 1.29 is 0 Å². The SMILES string of the molecule is CC(C)CNc1ccc(NCC(C)C)nn1. The fraction of sp³-hybridized carbons (Fsp3) is 0.667. The van der Waals surface area contributed by atoms with E-state index in [9.17, 15) is 0 Å². The number of nitrogens with zero attached hydrogens (tertiary/aromatic N) is 2. The van der Waals surface area contributed by atoms with Crippen LogP contribution in [0.25, 0.3) is 0 Å². The summed E-state index contributed by atoms with van der Waals surface area (Å²) in [5.41, 5.74) is 0. The van der Waals surface area contributed by atoms with Crippen LogP contribution in [0, 0.1) is 11.8 Å². The van der Waals surface area contributed by atoms with Crippen molar-refractivity contribution >= 4 is 11.6 Å². The van der Waals surface area contributed by atoms with Gasteiger partial charge in [0.1, 0.15) is 11.6 Å². The Morgan fingerprint density at radius 3 is 1.50 bits per heavy atom. The lowest BCUT2D eigenvalue weighted by atomic mass is 10.2. The van der Waals surface area contributed by atoms with Crippen molar-refractivity contribution in [3.63, 3.8) is 0 Å². The third-order valence-corrected chi connectivity index (χ3v) is 2.05. The quantitative estimate of drug-likeness (QED) is 0.777. The zero-order valence-electron chi connectivity index (χ0n) is 10.6. The summed E-state index contributed by atoms with van der Waals surface area (Å²) in [6, 6.07) is 3.91. The molecular formula is C12H22N4. The molecule has 0 amide bonds. The molecule has 1 aromatic rings. The summed E-state index contributed by atoms with van der Waals surface area (Å²) in [4.78, 5) is 0. The Bertz CT molecular complexity index is 261. The molecule has 4 heteroatoms. The fourth-order valence-corrected chi connectivity index (χ4v) is 1.14. The van der Waals surface area contributed by atoms with E-state index in [0.29, 0.717) is 11.8 Å². The van der Waals surface area contributed by atoms with Gasteiger partial charge in [0.05, 0.1) is 0 Å². The van der Waals surface area contributed by atoms with E-state index in [1.807, 2.05) is 12.1 Å². The fourth-order valence-electron chi connectivity index (χ4n) is 1.14. The number of anilines is 2. The zero-order chi connectivity index (χ0) is 12.0. The molecule has 2 N–H and O–H groups in total. The van der Waals surface area contributed by atoms with Crippen molar-refractivity contribution in [2.24, 2.45) is 11.8 Å². The van der Waals surface area contributed by atoms with E-state index in [-0.39, 0.29) is 0 Å². The molecule has 0 bridgehead atoms. The molecule has 4 nitrogen and oxygen atoms in total. The highest BCUT2D eigenvalue weighted by atomic mass is 15.2. The van der Waals surface area contributed by atoms with Crippen molar-refractivity contribution in [2.45, 2.75) is 27.7 Å². The third-order valence-electron chi connectivity index (χ3n) is 2.05. The standard InChI is InChI=1S/C12H22N4/c1-9(2)7-13-11-5-6-12(16-15-11)14-8-10(3)4/h5-6,9-10H,7-8H2,1-4H3,(H,13,15)(H,14,16). The van der Waals surface area contributed by atoms with Crippen molar-refractivity contribution in [1.82, 2.24) is 10.2 Å². The summed E-state index contributed by atoms with van der Waals surface area (Å²) >= 11 is 0. The van der Waals surface area contributed by atoms with Crippen molar-refractivity contribution in [3.05, 3.63) is 12.1 Å². The molecule has 90 valence electrons. The van der Waals surface area contributed by atoms with Gasteiger partial charge in [0.2, 0.25) is 0 Å². The smallest absolute Gasteiger partial charge is 0.148 e. The van der Waals surface area contributed by atoms with Gasteiger partial charge >= 0.3 is 0 Å². The molecule has 0 aliphatic heterocycles. The Morgan fingerprint density at radius 1 is 0.875 bits per heavy atom. The average molecular weight is 222 g/mol. The molecule has 0 unspecified atom stereocenters. The minimum Gasteiger partial charge on any atom is -0.368 e. The number of aromatic nitrogens is 2. The highest BCUT2D eigenvalue weighted by molar-refractivity contribution is 5.41. The van der Waals surface area contributed by atoms with Gasteiger partial charge in [0.25, 0.3) is 0 Å². The maximum absolute atomic E-state index is 4.10. The number of hydrogen-bond acceptors (Lipinski definition) is 4. The molecule has 0 aliphatic rings. The molecular weight excluding hydrogens is 200 g/mol. The van der Waals surface area contributed by atoms with E-state index in [1.54, 1.807) is 0 Å². The average Bonchev–Trinajstić information content (AvgIpc) is 2.25. The van der Waals surface area contributed by atoms with Gasteiger partial charge < -0.3 is 10.6 Å². The van der Waals surface area contributed by atoms with Crippen LogP contribution in [0.2, 0.25) is 0 Å². The van der Waals surface area contributed by atoms with E-state index in [4.69, 9.17) is 0 Å². The number of nitrogens with one attached hydrogen (secondary N) is 2. The minimum atomic E-state index is 0.612. The van der Waals surface area contributed by atoms with Gasteiger partial charge in [0.15, 0.2) is 0 Å². The van der Waals surface area contributed by atoms with Gasteiger partial charge in [-0.05, 0) is 24.0 Å². The second kappa shape index (κ2) is 6.30. The van der Waals surface area contributed by atoms with Crippen molar-refractivity contribution in [2.75, 3.05) is 23.7 Å². The first kappa shape index (κ1) is 12.7. The largest absolute Gasteiger partial charge is 0.368 e. The van der Waals surface area contributed by atoms with Crippen LogP contribution in [0.5, 0.6) is 0 Å². The first-order valence-electron chi connectivity index (χ1n) is 5.89. The van der Waals surface area contributed by atoms with Gasteiger partial charge in [-0.15, -0.1) is 10.2 Å². The molecule has 1 rings (SSSR count). The maximum atomic E-state index is 4.10. The highest BCUT2D eigenvalue weighted by Gasteiger charge is 1.99. The number of rotatable bonds is 6. The van der Waals surface area contributed by atoms with Crippen LogP contribution in [0.4, 0.5) is 11.6 Å². The molecule has 0 atom stereocenters. The van der Waals surface area contributed by atoms with E-state index >= 15 is 0 Å². The maximum Gasteiger partial charge on any atom is 0.148 e. The van der Waals surface area contributed by atoms with Crippen LogP contribution in [0.1, 0.15) is 27.7 Å². The van der Waals surface area contributed by atoms with Crippen molar-refractivity contribution in [3.8, 4) is 0 Å². The minimum absolute atomic E-state index is 0.612.